The van der Waals surface area contributed by atoms with E-state index in [1.54, 1.807) is 16.4 Å². The van der Waals surface area contributed by atoms with E-state index in [4.69, 9.17) is 9.47 Å². The fourth-order valence-electron chi connectivity index (χ4n) is 1.57. The number of carbonyl (C=O) groups is 1. The summed E-state index contributed by atoms with van der Waals surface area (Å²) in [6.45, 7) is 1.95. The van der Waals surface area contributed by atoms with Gasteiger partial charge in [-0.25, -0.2) is 4.98 Å². The zero-order valence-corrected chi connectivity index (χ0v) is 11.9. The molecule has 0 saturated heterocycles. The molecule has 0 atom stereocenters. The molecule has 0 fully saturated rings. The number of thiazole rings is 1. The topological polar surface area (TPSA) is 66.2 Å². The summed E-state index contributed by atoms with van der Waals surface area (Å²) in [5.74, 6) is -0.214. The summed E-state index contributed by atoms with van der Waals surface area (Å²) in [6, 6.07) is 1.87. The van der Waals surface area contributed by atoms with Crippen molar-refractivity contribution in [2.24, 2.45) is 0 Å². The molecule has 0 aliphatic carbocycles. The lowest BCUT2D eigenvalue weighted by molar-refractivity contribution is -0.145. The summed E-state index contributed by atoms with van der Waals surface area (Å²) in [5, 5.41) is 5.99. The van der Waals surface area contributed by atoms with Crippen molar-refractivity contribution in [3.63, 3.8) is 0 Å². The maximum absolute atomic E-state index is 11.4. The second kappa shape index (κ2) is 8.44. The van der Waals surface area contributed by atoms with Gasteiger partial charge in [-0.2, -0.15) is 5.10 Å². The van der Waals surface area contributed by atoms with Gasteiger partial charge in [0.15, 0.2) is 0 Å². The molecule has 2 aromatic rings. The van der Waals surface area contributed by atoms with Gasteiger partial charge in [0.2, 0.25) is 0 Å². The van der Waals surface area contributed by atoms with Crippen LogP contribution in [0.5, 0.6) is 0 Å². The largest absolute Gasteiger partial charge is 0.463 e. The van der Waals surface area contributed by atoms with E-state index in [0.29, 0.717) is 32.6 Å². The van der Waals surface area contributed by atoms with E-state index in [1.165, 1.54) is 11.3 Å². The second-order valence-corrected chi connectivity index (χ2v) is 4.80. The van der Waals surface area contributed by atoms with Gasteiger partial charge in [0, 0.05) is 24.2 Å². The SMILES string of the molecule is O=C(CCc1cscn1)OCCOCCn1cccn1. The van der Waals surface area contributed by atoms with E-state index in [0.717, 1.165) is 5.69 Å². The van der Waals surface area contributed by atoms with Crippen LogP contribution in [0.1, 0.15) is 12.1 Å². The lowest BCUT2D eigenvalue weighted by atomic mass is 10.2. The third kappa shape index (κ3) is 5.50. The van der Waals surface area contributed by atoms with Crippen LogP contribution in [-0.2, 0) is 27.2 Å². The van der Waals surface area contributed by atoms with Crippen LogP contribution in [0.3, 0.4) is 0 Å². The first-order chi connectivity index (χ1) is 9.84. The van der Waals surface area contributed by atoms with Crippen molar-refractivity contribution in [3.8, 4) is 0 Å². The highest BCUT2D eigenvalue weighted by Crippen LogP contribution is 2.04. The number of hydrogen-bond donors (Lipinski definition) is 0. The molecule has 0 bridgehead atoms. The molecule has 7 heteroatoms. The molecule has 2 aromatic heterocycles. The minimum Gasteiger partial charge on any atom is -0.463 e. The van der Waals surface area contributed by atoms with E-state index in [9.17, 15) is 4.79 Å². The Labute approximate surface area is 121 Å². The maximum Gasteiger partial charge on any atom is 0.306 e. The highest BCUT2D eigenvalue weighted by molar-refractivity contribution is 7.07. The van der Waals surface area contributed by atoms with Crippen LogP contribution >= 0.6 is 11.3 Å². The predicted octanol–water partition coefficient (Wildman–Crippen LogP) is 1.53. The first kappa shape index (κ1) is 14.7. The van der Waals surface area contributed by atoms with Gasteiger partial charge in [0.05, 0.1) is 37.4 Å². The summed E-state index contributed by atoms with van der Waals surface area (Å²) in [4.78, 5) is 15.6. The molecular weight excluding hydrogens is 278 g/mol. The van der Waals surface area contributed by atoms with Crippen LogP contribution in [-0.4, -0.2) is 40.6 Å². The number of aryl methyl sites for hydroxylation is 1. The quantitative estimate of drug-likeness (QED) is 0.518. The number of aromatic nitrogens is 3. The molecular formula is C13H17N3O3S. The first-order valence-electron chi connectivity index (χ1n) is 6.42. The van der Waals surface area contributed by atoms with Crippen molar-refractivity contribution in [3.05, 3.63) is 35.0 Å². The molecule has 0 unspecified atom stereocenters. The van der Waals surface area contributed by atoms with Crippen molar-refractivity contribution in [1.29, 1.82) is 0 Å². The number of carbonyl (C=O) groups excluding carboxylic acids is 1. The van der Waals surface area contributed by atoms with E-state index < -0.39 is 0 Å². The van der Waals surface area contributed by atoms with Crippen LogP contribution in [0.4, 0.5) is 0 Å². The monoisotopic (exact) mass is 295 g/mol. The van der Waals surface area contributed by atoms with Crippen LogP contribution < -0.4 is 0 Å². The third-order valence-corrected chi connectivity index (χ3v) is 3.22. The molecule has 0 aliphatic heterocycles. The number of esters is 1. The molecule has 0 aromatic carbocycles. The minimum atomic E-state index is -0.214. The average Bonchev–Trinajstić information content (AvgIpc) is 3.13. The molecule has 2 heterocycles. The molecule has 0 N–H and O–H groups in total. The van der Waals surface area contributed by atoms with Crippen LogP contribution in [0.2, 0.25) is 0 Å². The van der Waals surface area contributed by atoms with Gasteiger partial charge in [-0.1, -0.05) is 0 Å². The minimum absolute atomic E-state index is 0.214. The van der Waals surface area contributed by atoms with E-state index in [-0.39, 0.29) is 12.6 Å². The number of hydrogen-bond acceptors (Lipinski definition) is 6. The van der Waals surface area contributed by atoms with E-state index >= 15 is 0 Å². The molecule has 0 amide bonds. The Bertz CT molecular complexity index is 485. The zero-order valence-electron chi connectivity index (χ0n) is 11.1. The summed E-state index contributed by atoms with van der Waals surface area (Å²) in [5.41, 5.74) is 2.69. The fourth-order valence-corrected chi connectivity index (χ4v) is 2.16. The third-order valence-electron chi connectivity index (χ3n) is 2.58. The zero-order chi connectivity index (χ0) is 14.0. The molecule has 0 saturated carbocycles. The van der Waals surface area contributed by atoms with Gasteiger partial charge in [-0.3, -0.25) is 9.48 Å². The Morgan fingerprint density at radius 2 is 2.30 bits per heavy atom. The summed E-state index contributed by atoms with van der Waals surface area (Å²) >= 11 is 1.53. The maximum atomic E-state index is 11.4. The molecule has 108 valence electrons. The normalized spacial score (nSPS) is 10.6. The van der Waals surface area contributed by atoms with Gasteiger partial charge < -0.3 is 9.47 Å². The standard InChI is InChI=1S/C13H17N3O3S/c17-13(3-2-12-10-20-11-14-12)19-9-8-18-7-6-16-5-1-4-15-16/h1,4-5,10-11H,2-3,6-9H2. The Kier molecular flexibility index (Phi) is 6.19. The highest BCUT2D eigenvalue weighted by Gasteiger charge is 2.04. The lowest BCUT2D eigenvalue weighted by Gasteiger charge is -2.06. The molecule has 0 aliphatic rings. The van der Waals surface area contributed by atoms with Crippen molar-refractivity contribution < 1.29 is 14.3 Å². The van der Waals surface area contributed by atoms with Crippen molar-refractivity contribution in [1.82, 2.24) is 14.8 Å². The van der Waals surface area contributed by atoms with Gasteiger partial charge >= 0.3 is 5.97 Å². The van der Waals surface area contributed by atoms with E-state index in [1.807, 2.05) is 17.6 Å². The van der Waals surface area contributed by atoms with Crippen molar-refractivity contribution >= 4 is 17.3 Å². The first-order valence-corrected chi connectivity index (χ1v) is 7.37. The summed E-state index contributed by atoms with van der Waals surface area (Å²) < 4.78 is 12.2. The van der Waals surface area contributed by atoms with Crippen LogP contribution in [0, 0.1) is 0 Å². The lowest BCUT2D eigenvalue weighted by Crippen LogP contribution is -2.13. The number of ether oxygens (including phenoxy) is 2. The summed E-state index contributed by atoms with van der Waals surface area (Å²) in [6.07, 6.45) is 4.59. The molecule has 6 nitrogen and oxygen atoms in total. The Balaban J connectivity index is 1.45. The van der Waals surface area contributed by atoms with E-state index in [2.05, 4.69) is 10.1 Å². The second-order valence-electron chi connectivity index (χ2n) is 4.08. The average molecular weight is 295 g/mol. The highest BCUT2D eigenvalue weighted by atomic mass is 32.1. The molecule has 20 heavy (non-hydrogen) atoms. The van der Waals surface area contributed by atoms with Gasteiger partial charge in [0.25, 0.3) is 0 Å². The summed E-state index contributed by atoms with van der Waals surface area (Å²) in [7, 11) is 0. The van der Waals surface area contributed by atoms with Crippen molar-refractivity contribution in [2.75, 3.05) is 19.8 Å². The van der Waals surface area contributed by atoms with Gasteiger partial charge in [-0.05, 0) is 6.07 Å². The molecule has 2 rings (SSSR count). The number of nitrogens with zero attached hydrogens (tertiary/aromatic N) is 3. The van der Waals surface area contributed by atoms with Crippen molar-refractivity contribution in [2.45, 2.75) is 19.4 Å². The number of rotatable bonds is 9. The predicted molar refractivity (Wildman–Crippen MR) is 74.4 cm³/mol. The van der Waals surface area contributed by atoms with Crippen LogP contribution in [0.15, 0.2) is 29.4 Å². The van der Waals surface area contributed by atoms with Crippen LogP contribution in [0.25, 0.3) is 0 Å². The van der Waals surface area contributed by atoms with Gasteiger partial charge in [0.1, 0.15) is 6.61 Å². The Morgan fingerprint density at radius 3 is 3.05 bits per heavy atom. The fraction of sp³-hybridized carbons (Fsp3) is 0.462. The Morgan fingerprint density at radius 1 is 1.35 bits per heavy atom. The smallest absolute Gasteiger partial charge is 0.306 e. The molecule has 0 radical (unpaired) electrons. The Hall–Kier alpha value is -1.73. The van der Waals surface area contributed by atoms with Gasteiger partial charge in [-0.15, -0.1) is 11.3 Å². The molecule has 0 spiro atoms.